The first kappa shape index (κ1) is 18.7. The first-order chi connectivity index (χ1) is 8.63. The van der Waals surface area contributed by atoms with Gasteiger partial charge in [-0.25, -0.2) is 0 Å². The fourth-order valence-electron chi connectivity index (χ4n) is 1.06. The normalized spacial score (nSPS) is 8.22. The lowest BCUT2D eigenvalue weighted by atomic mass is 10.1. The van der Waals surface area contributed by atoms with Crippen molar-refractivity contribution in [3.8, 4) is 5.75 Å². The van der Waals surface area contributed by atoms with Gasteiger partial charge in [0.05, 0.1) is 5.56 Å². The van der Waals surface area contributed by atoms with Crippen LogP contribution in [0.15, 0.2) is 24.3 Å². The minimum atomic E-state index is -0.113. The van der Waals surface area contributed by atoms with E-state index in [2.05, 4.69) is 6.92 Å². The van der Waals surface area contributed by atoms with E-state index >= 15 is 0 Å². The predicted octanol–water partition coefficient (Wildman–Crippen LogP) is 4.00. The summed E-state index contributed by atoms with van der Waals surface area (Å²) in [6.07, 6.45) is 3.86. The van der Waals surface area contributed by atoms with Gasteiger partial charge in [0.25, 0.3) is 0 Å². The number of para-hydroxylation sites is 1. The van der Waals surface area contributed by atoms with Gasteiger partial charge in [-0.05, 0) is 25.5 Å². The van der Waals surface area contributed by atoms with Crippen LogP contribution in [0.2, 0.25) is 0 Å². The Morgan fingerprint density at radius 2 is 1.83 bits per heavy atom. The van der Waals surface area contributed by atoms with Gasteiger partial charge >= 0.3 is 0 Å². The third-order valence-electron chi connectivity index (χ3n) is 1.96. The highest BCUT2D eigenvalue weighted by molar-refractivity contribution is 5.96. The third kappa shape index (κ3) is 9.58. The van der Waals surface area contributed by atoms with E-state index in [1.54, 1.807) is 18.2 Å². The second kappa shape index (κ2) is 13.4. The molecule has 1 aromatic carbocycles. The molecule has 0 amide bonds. The zero-order valence-electron chi connectivity index (χ0n) is 11.8. The van der Waals surface area contributed by atoms with Crippen LogP contribution in [0.3, 0.4) is 0 Å². The molecule has 0 atom stereocenters. The molecule has 18 heavy (non-hydrogen) atoms. The molecule has 0 unspecified atom stereocenters. The summed E-state index contributed by atoms with van der Waals surface area (Å²) < 4.78 is 0. The molecule has 3 nitrogen and oxygen atoms in total. The average Bonchev–Trinajstić information content (AvgIpc) is 2.39. The lowest BCUT2D eigenvalue weighted by Crippen LogP contribution is -1.90. The summed E-state index contributed by atoms with van der Waals surface area (Å²) in [5, 5.41) is 9.06. The molecule has 0 aliphatic rings. The lowest BCUT2D eigenvalue weighted by molar-refractivity contribution is -0.107. The Labute approximate surface area is 110 Å². The Hall–Kier alpha value is -1.64. The summed E-state index contributed by atoms with van der Waals surface area (Å²) >= 11 is 0. The van der Waals surface area contributed by atoms with E-state index < -0.39 is 0 Å². The predicted molar refractivity (Wildman–Crippen MR) is 75.0 cm³/mol. The maximum Gasteiger partial charge on any atom is 0.163 e. The molecule has 3 heteroatoms. The Morgan fingerprint density at radius 3 is 2.11 bits per heavy atom. The minimum Gasteiger partial charge on any atom is -0.507 e. The van der Waals surface area contributed by atoms with Crippen LogP contribution in [0.25, 0.3) is 0 Å². The highest BCUT2D eigenvalue weighted by Crippen LogP contribution is 2.15. The SMILES string of the molecule is CC.CC(=O)c1ccccc1O.CCCCC=O. The fourth-order valence-corrected chi connectivity index (χ4v) is 1.06. The molecule has 1 rings (SSSR count). The molecule has 0 bridgehead atoms. The van der Waals surface area contributed by atoms with Gasteiger partial charge in [-0.15, -0.1) is 0 Å². The summed E-state index contributed by atoms with van der Waals surface area (Å²) in [7, 11) is 0. The molecule has 102 valence electrons. The monoisotopic (exact) mass is 252 g/mol. The summed E-state index contributed by atoms with van der Waals surface area (Å²) in [4.78, 5) is 20.3. The van der Waals surface area contributed by atoms with Crippen molar-refractivity contribution in [2.45, 2.75) is 47.0 Å². The van der Waals surface area contributed by atoms with Gasteiger partial charge in [-0.3, -0.25) is 4.79 Å². The van der Waals surface area contributed by atoms with E-state index in [1.165, 1.54) is 13.0 Å². The first-order valence-electron chi connectivity index (χ1n) is 6.36. The van der Waals surface area contributed by atoms with Crippen LogP contribution in [-0.2, 0) is 4.79 Å². The van der Waals surface area contributed by atoms with Crippen LogP contribution in [-0.4, -0.2) is 17.2 Å². The number of benzene rings is 1. The number of carbonyl (C=O) groups is 2. The number of rotatable bonds is 4. The zero-order valence-corrected chi connectivity index (χ0v) is 11.8. The quantitative estimate of drug-likeness (QED) is 0.500. The Kier molecular flexibility index (Phi) is 14.0. The van der Waals surface area contributed by atoms with E-state index in [0.717, 1.165) is 25.5 Å². The highest BCUT2D eigenvalue weighted by Gasteiger charge is 2.02. The van der Waals surface area contributed by atoms with Crippen LogP contribution in [0.4, 0.5) is 0 Å². The zero-order chi connectivity index (χ0) is 14.4. The lowest BCUT2D eigenvalue weighted by Gasteiger charge is -1.96. The van der Waals surface area contributed by atoms with Crippen molar-refractivity contribution >= 4 is 12.1 Å². The van der Waals surface area contributed by atoms with Crippen molar-refractivity contribution in [3.63, 3.8) is 0 Å². The molecule has 0 aliphatic carbocycles. The molecule has 0 fully saturated rings. The van der Waals surface area contributed by atoms with E-state index in [4.69, 9.17) is 5.11 Å². The fraction of sp³-hybridized carbons (Fsp3) is 0.467. The summed E-state index contributed by atoms with van der Waals surface area (Å²) in [6.45, 7) is 7.50. The van der Waals surface area contributed by atoms with Gasteiger partial charge in [-0.2, -0.15) is 0 Å². The molecule has 1 aromatic rings. The second-order valence-electron chi connectivity index (χ2n) is 3.38. The first-order valence-corrected chi connectivity index (χ1v) is 6.36. The van der Waals surface area contributed by atoms with Gasteiger partial charge in [0.2, 0.25) is 0 Å². The second-order valence-corrected chi connectivity index (χ2v) is 3.38. The van der Waals surface area contributed by atoms with Crippen molar-refractivity contribution < 1.29 is 14.7 Å². The number of hydrogen-bond acceptors (Lipinski definition) is 3. The number of aldehydes is 1. The molecule has 0 saturated carbocycles. The van der Waals surface area contributed by atoms with Crippen molar-refractivity contribution in [3.05, 3.63) is 29.8 Å². The number of carbonyl (C=O) groups excluding carboxylic acids is 2. The van der Waals surface area contributed by atoms with Crippen molar-refractivity contribution in [2.24, 2.45) is 0 Å². The number of phenolic OH excluding ortho intramolecular Hbond substituents is 1. The van der Waals surface area contributed by atoms with E-state index in [1.807, 2.05) is 13.8 Å². The Bertz CT molecular complexity index is 332. The van der Waals surface area contributed by atoms with Crippen LogP contribution < -0.4 is 0 Å². The minimum absolute atomic E-state index is 0.0509. The maximum absolute atomic E-state index is 10.7. The number of phenols is 1. The summed E-state index contributed by atoms with van der Waals surface area (Å²) in [5.41, 5.74) is 0.377. The molecule has 0 saturated heterocycles. The number of Topliss-reactive ketones (excluding diaryl/α,β-unsaturated/α-hetero) is 1. The number of unbranched alkanes of at least 4 members (excludes halogenated alkanes) is 2. The van der Waals surface area contributed by atoms with E-state index in [-0.39, 0.29) is 11.5 Å². The number of aromatic hydroxyl groups is 1. The molecule has 0 heterocycles. The number of hydrogen-bond donors (Lipinski definition) is 1. The average molecular weight is 252 g/mol. The summed E-state index contributed by atoms with van der Waals surface area (Å²) in [5.74, 6) is -0.0619. The maximum atomic E-state index is 10.7. The van der Waals surface area contributed by atoms with E-state index in [9.17, 15) is 9.59 Å². The van der Waals surface area contributed by atoms with Gasteiger partial charge in [0, 0.05) is 6.42 Å². The topological polar surface area (TPSA) is 54.4 Å². The molecule has 0 radical (unpaired) electrons. The molecular formula is C15H24O3. The van der Waals surface area contributed by atoms with Crippen LogP contribution >= 0.6 is 0 Å². The van der Waals surface area contributed by atoms with Crippen LogP contribution in [0.5, 0.6) is 5.75 Å². The molecule has 0 spiro atoms. The Morgan fingerprint density at radius 1 is 1.28 bits per heavy atom. The van der Waals surface area contributed by atoms with Crippen molar-refractivity contribution in [2.75, 3.05) is 0 Å². The van der Waals surface area contributed by atoms with Crippen molar-refractivity contribution in [1.82, 2.24) is 0 Å². The van der Waals surface area contributed by atoms with Gasteiger partial charge < -0.3 is 9.90 Å². The largest absolute Gasteiger partial charge is 0.507 e. The number of ketones is 1. The smallest absolute Gasteiger partial charge is 0.163 e. The van der Waals surface area contributed by atoms with Crippen LogP contribution in [0, 0.1) is 0 Å². The molecule has 0 aromatic heterocycles. The van der Waals surface area contributed by atoms with Gasteiger partial charge in [0.1, 0.15) is 12.0 Å². The van der Waals surface area contributed by atoms with Gasteiger partial charge in [0.15, 0.2) is 5.78 Å². The highest BCUT2D eigenvalue weighted by atomic mass is 16.3. The van der Waals surface area contributed by atoms with Crippen LogP contribution in [0.1, 0.15) is 57.3 Å². The van der Waals surface area contributed by atoms with Crippen molar-refractivity contribution in [1.29, 1.82) is 0 Å². The third-order valence-corrected chi connectivity index (χ3v) is 1.96. The van der Waals surface area contributed by atoms with E-state index in [0.29, 0.717) is 5.56 Å². The summed E-state index contributed by atoms with van der Waals surface area (Å²) in [6, 6.07) is 6.49. The molecular weight excluding hydrogens is 228 g/mol. The van der Waals surface area contributed by atoms with Gasteiger partial charge in [-0.1, -0.05) is 39.3 Å². The Balaban J connectivity index is 0. The molecule has 1 N–H and O–H groups in total. The molecule has 0 aliphatic heterocycles. The standard InChI is InChI=1S/C8H8O2.C5H10O.C2H6/c1-6(9)7-4-2-3-5-8(7)10;1-2-3-4-5-6;1-2/h2-5,10H,1H3;5H,2-4H2,1H3;1-2H3.